The van der Waals surface area contributed by atoms with Crippen molar-refractivity contribution in [3.8, 4) is 11.5 Å². The zero-order valence-corrected chi connectivity index (χ0v) is 9.83. The van der Waals surface area contributed by atoms with Gasteiger partial charge in [-0.3, -0.25) is 0 Å². The highest BCUT2D eigenvalue weighted by atomic mass is 16.5. The Hall–Kier alpha value is -2.49. The summed E-state index contributed by atoms with van der Waals surface area (Å²) in [6.45, 7) is 0. The van der Waals surface area contributed by atoms with E-state index in [-0.39, 0.29) is 0 Å². The van der Waals surface area contributed by atoms with Crippen molar-refractivity contribution in [1.82, 2.24) is 0 Å². The van der Waals surface area contributed by atoms with Crippen LogP contribution >= 0.6 is 0 Å². The molecule has 0 N–H and O–H groups in total. The van der Waals surface area contributed by atoms with Crippen molar-refractivity contribution >= 4 is 12.0 Å². The molecule has 0 aliphatic carbocycles. The van der Waals surface area contributed by atoms with Crippen LogP contribution in [0.5, 0.6) is 11.5 Å². The third-order valence-corrected chi connectivity index (χ3v) is 2.20. The third kappa shape index (κ3) is 3.25. The number of furan rings is 1. The van der Waals surface area contributed by atoms with Gasteiger partial charge in [0.15, 0.2) is 0 Å². The molecule has 0 spiro atoms. The number of esters is 1. The molecule has 0 unspecified atom stereocenters. The number of carbonyl (C=O) groups excluding carboxylic acids is 1. The molecule has 0 radical (unpaired) electrons. The SMILES string of the molecule is COc1ccc(OC(=O)/C=C/c2ccco2)cc1. The van der Waals surface area contributed by atoms with Crippen LogP contribution in [0.25, 0.3) is 6.08 Å². The van der Waals surface area contributed by atoms with Crippen LogP contribution in [0.3, 0.4) is 0 Å². The molecule has 2 rings (SSSR count). The van der Waals surface area contributed by atoms with Gasteiger partial charge in [-0.05, 0) is 42.5 Å². The number of rotatable bonds is 4. The van der Waals surface area contributed by atoms with Crippen LogP contribution in [0.15, 0.2) is 53.2 Å². The monoisotopic (exact) mass is 244 g/mol. The Morgan fingerprint density at radius 1 is 1.17 bits per heavy atom. The van der Waals surface area contributed by atoms with Crippen molar-refractivity contribution in [3.63, 3.8) is 0 Å². The highest BCUT2D eigenvalue weighted by Crippen LogP contribution is 2.17. The molecule has 0 saturated carbocycles. The van der Waals surface area contributed by atoms with Crippen LogP contribution in [-0.4, -0.2) is 13.1 Å². The number of carbonyl (C=O) groups is 1. The molecule has 18 heavy (non-hydrogen) atoms. The minimum atomic E-state index is -0.462. The second-order valence-electron chi connectivity index (χ2n) is 3.45. The third-order valence-electron chi connectivity index (χ3n) is 2.20. The van der Waals surface area contributed by atoms with Crippen LogP contribution < -0.4 is 9.47 Å². The van der Waals surface area contributed by atoms with E-state index in [0.717, 1.165) is 0 Å². The fourth-order valence-corrected chi connectivity index (χ4v) is 1.33. The van der Waals surface area contributed by atoms with Gasteiger partial charge in [-0.15, -0.1) is 0 Å². The second kappa shape index (κ2) is 5.72. The first-order chi connectivity index (χ1) is 8.78. The average Bonchev–Trinajstić information content (AvgIpc) is 2.90. The van der Waals surface area contributed by atoms with E-state index in [1.54, 1.807) is 49.6 Å². The van der Waals surface area contributed by atoms with Crippen LogP contribution in [0.1, 0.15) is 5.76 Å². The number of hydrogen-bond donors (Lipinski definition) is 0. The summed E-state index contributed by atoms with van der Waals surface area (Å²) in [6, 6.07) is 10.3. The summed E-state index contributed by atoms with van der Waals surface area (Å²) >= 11 is 0. The molecule has 4 nitrogen and oxygen atoms in total. The van der Waals surface area contributed by atoms with E-state index >= 15 is 0 Å². The average molecular weight is 244 g/mol. The summed E-state index contributed by atoms with van der Waals surface area (Å²) in [5.41, 5.74) is 0. The summed E-state index contributed by atoms with van der Waals surface area (Å²) in [7, 11) is 1.58. The molecule has 0 bridgehead atoms. The summed E-state index contributed by atoms with van der Waals surface area (Å²) < 4.78 is 15.1. The van der Waals surface area contributed by atoms with Gasteiger partial charge in [0, 0.05) is 6.08 Å². The summed E-state index contributed by atoms with van der Waals surface area (Å²) in [5, 5.41) is 0. The zero-order chi connectivity index (χ0) is 12.8. The first-order valence-corrected chi connectivity index (χ1v) is 5.35. The van der Waals surface area contributed by atoms with E-state index in [2.05, 4.69) is 0 Å². The lowest BCUT2D eigenvalue weighted by atomic mass is 10.3. The maximum atomic E-state index is 11.5. The molecule has 0 aliphatic rings. The number of hydrogen-bond acceptors (Lipinski definition) is 4. The molecule has 0 saturated heterocycles. The van der Waals surface area contributed by atoms with E-state index in [9.17, 15) is 4.79 Å². The van der Waals surface area contributed by atoms with Gasteiger partial charge in [-0.2, -0.15) is 0 Å². The first kappa shape index (κ1) is 12.0. The van der Waals surface area contributed by atoms with Gasteiger partial charge in [0.05, 0.1) is 13.4 Å². The number of methoxy groups -OCH3 is 1. The minimum Gasteiger partial charge on any atom is -0.497 e. The van der Waals surface area contributed by atoms with E-state index in [1.165, 1.54) is 12.3 Å². The predicted octanol–water partition coefficient (Wildman–Crippen LogP) is 2.91. The molecule has 1 aromatic carbocycles. The van der Waals surface area contributed by atoms with E-state index < -0.39 is 5.97 Å². The molecule has 0 amide bonds. The molecular formula is C14H12O4. The Kier molecular flexibility index (Phi) is 3.81. The molecule has 0 atom stereocenters. The van der Waals surface area contributed by atoms with Gasteiger partial charge in [0.1, 0.15) is 17.3 Å². The van der Waals surface area contributed by atoms with Gasteiger partial charge in [-0.1, -0.05) is 0 Å². The maximum Gasteiger partial charge on any atom is 0.336 e. The van der Waals surface area contributed by atoms with E-state index in [1.807, 2.05) is 0 Å². The number of benzene rings is 1. The lowest BCUT2D eigenvalue weighted by Gasteiger charge is -2.02. The van der Waals surface area contributed by atoms with Crippen LogP contribution in [0.2, 0.25) is 0 Å². The summed E-state index contributed by atoms with van der Waals surface area (Å²) in [6.07, 6.45) is 4.39. The van der Waals surface area contributed by atoms with E-state index in [0.29, 0.717) is 17.3 Å². The highest BCUT2D eigenvalue weighted by molar-refractivity contribution is 5.88. The van der Waals surface area contributed by atoms with Gasteiger partial charge < -0.3 is 13.9 Å². The molecule has 1 heterocycles. The molecule has 0 aliphatic heterocycles. The van der Waals surface area contributed by atoms with Crippen molar-refractivity contribution in [1.29, 1.82) is 0 Å². The minimum absolute atomic E-state index is 0.462. The largest absolute Gasteiger partial charge is 0.497 e. The smallest absolute Gasteiger partial charge is 0.336 e. The molecule has 2 aromatic rings. The van der Waals surface area contributed by atoms with Gasteiger partial charge in [0.25, 0.3) is 0 Å². The maximum absolute atomic E-state index is 11.5. The lowest BCUT2D eigenvalue weighted by Crippen LogP contribution is -2.03. The normalized spacial score (nSPS) is 10.5. The van der Waals surface area contributed by atoms with Crippen LogP contribution in [0.4, 0.5) is 0 Å². The standard InChI is InChI=1S/C14H12O4/c1-16-11-4-6-13(7-5-11)18-14(15)9-8-12-3-2-10-17-12/h2-10H,1H3/b9-8+. The molecule has 0 fully saturated rings. The van der Waals surface area contributed by atoms with Crippen molar-refractivity contribution in [2.75, 3.05) is 7.11 Å². The highest BCUT2D eigenvalue weighted by Gasteiger charge is 2.01. The Bertz CT molecular complexity index is 523. The fourth-order valence-electron chi connectivity index (χ4n) is 1.33. The quantitative estimate of drug-likeness (QED) is 0.471. The Morgan fingerprint density at radius 2 is 1.89 bits per heavy atom. The predicted molar refractivity (Wildman–Crippen MR) is 66.4 cm³/mol. The van der Waals surface area contributed by atoms with Gasteiger partial charge >= 0.3 is 5.97 Å². The van der Waals surface area contributed by atoms with Crippen molar-refractivity contribution < 1.29 is 18.7 Å². The molecule has 92 valence electrons. The van der Waals surface area contributed by atoms with Gasteiger partial charge in [0.2, 0.25) is 0 Å². The van der Waals surface area contributed by atoms with Crippen molar-refractivity contribution in [2.24, 2.45) is 0 Å². The fraction of sp³-hybridized carbons (Fsp3) is 0.0714. The van der Waals surface area contributed by atoms with Crippen molar-refractivity contribution in [3.05, 3.63) is 54.5 Å². The van der Waals surface area contributed by atoms with E-state index in [4.69, 9.17) is 13.9 Å². The molecular weight excluding hydrogens is 232 g/mol. The zero-order valence-electron chi connectivity index (χ0n) is 9.83. The second-order valence-corrected chi connectivity index (χ2v) is 3.45. The van der Waals surface area contributed by atoms with Crippen LogP contribution in [-0.2, 0) is 4.79 Å². The molecule has 1 aromatic heterocycles. The first-order valence-electron chi connectivity index (χ1n) is 5.35. The summed E-state index contributed by atoms with van der Waals surface area (Å²) in [5.74, 6) is 1.31. The Morgan fingerprint density at radius 3 is 2.50 bits per heavy atom. The van der Waals surface area contributed by atoms with Crippen LogP contribution in [0, 0.1) is 0 Å². The lowest BCUT2D eigenvalue weighted by molar-refractivity contribution is -0.128. The Balaban J connectivity index is 1.94. The molecule has 4 heteroatoms. The van der Waals surface area contributed by atoms with Gasteiger partial charge in [-0.25, -0.2) is 4.79 Å². The topological polar surface area (TPSA) is 48.7 Å². The van der Waals surface area contributed by atoms with Crippen molar-refractivity contribution in [2.45, 2.75) is 0 Å². The number of ether oxygens (including phenoxy) is 2. The summed E-state index contributed by atoms with van der Waals surface area (Å²) in [4.78, 5) is 11.5. The Labute approximate surface area is 104 Å².